The fourth-order valence-electron chi connectivity index (χ4n) is 2.46. The highest BCUT2D eigenvalue weighted by atomic mass is 16.5. The third-order valence-electron chi connectivity index (χ3n) is 3.66. The lowest BCUT2D eigenvalue weighted by Gasteiger charge is -2.07. The summed E-state index contributed by atoms with van der Waals surface area (Å²) in [5.74, 6) is 2.35. The van der Waals surface area contributed by atoms with Gasteiger partial charge in [-0.2, -0.15) is 4.98 Å². The maximum atomic E-state index is 5.43. The standard InChI is InChI=1S/C14H17N3O/c1-9-5-3-4-6-11(9)13-16-14(18-17-13)12-8-15-7-10(12)2/h3-6,10,12,15H,7-8H2,1-2H3/t10-,12-/m1/s1. The second-order valence-electron chi connectivity index (χ2n) is 5.01. The van der Waals surface area contributed by atoms with Crippen molar-refractivity contribution in [1.82, 2.24) is 15.5 Å². The maximum Gasteiger partial charge on any atom is 0.231 e. The molecule has 0 saturated carbocycles. The Morgan fingerprint density at radius 2 is 2.11 bits per heavy atom. The summed E-state index contributed by atoms with van der Waals surface area (Å²) < 4.78 is 5.43. The monoisotopic (exact) mass is 243 g/mol. The minimum absolute atomic E-state index is 0.343. The molecule has 0 amide bonds. The van der Waals surface area contributed by atoms with Crippen LogP contribution >= 0.6 is 0 Å². The molecule has 2 heterocycles. The fourth-order valence-corrected chi connectivity index (χ4v) is 2.46. The van der Waals surface area contributed by atoms with Crippen molar-refractivity contribution in [3.8, 4) is 11.4 Å². The van der Waals surface area contributed by atoms with E-state index in [0.717, 1.165) is 24.5 Å². The van der Waals surface area contributed by atoms with Crippen LogP contribution in [0.2, 0.25) is 0 Å². The molecular weight excluding hydrogens is 226 g/mol. The summed E-state index contributed by atoms with van der Waals surface area (Å²) in [5, 5.41) is 7.47. The summed E-state index contributed by atoms with van der Waals surface area (Å²) >= 11 is 0. The van der Waals surface area contributed by atoms with Crippen molar-refractivity contribution < 1.29 is 4.52 Å². The Kier molecular flexibility index (Phi) is 2.88. The van der Waals surface area contributed by atoms with Crippen LogP contribution in [0.1, 0.15) is 24.3 Å². The van der Waals surface area contributed by atoms with Gasteiger partial charge in [-0.1, -0.05) is 36.3 Å². The van der Waals surface area contributed by atoms with Crippen molar-refractivity contribution in [2.24, 2.45) is 5.92 Å². The van der Waals surface area contributed by atoms with Crippen LogP contribution in [0.4, 0.5) is 0 Å². The summed E-state index contributed by atoms with van der Waals surface area (Å²) in [6.07, 6.45) is 0. The van der Waals surface area contributed by atoms with Gasteiger partial charge in [0.25, 0.3) is 0 Å². The molecule has 1 N–H and O–H groups in total. The van der Waals surface area contributed by atoms with Gasteiger partial charge in [0.15, 0.2) is 0 Å². The lowest BCUT2D eigenvalue weighted by atomic mass is 9.98. The molecule has 1 aromatic carbocycles. The Bertz CT molecular complexity index is 549. The minimum Gasteiger partial charge on any atom is -0.339 e. The molecule has 1 aliphatic rings. The van der Waals surface area contributed by atoms with Gasteiger partial charge < -0.3 is 9.84 Å². The number of hydrogen-bond acceptors (Lipinski definition) is 4. The first kappa shape index (κ1) is 11.4. The van der Waals surface area contributed by atoms with Crippen LogP contribution in [0.3, 0.4) is 0 Å². The molecular formula is C14H17N3O. The van der Waals surface area contributed by atoms with Crippen molar-refractivity contribution in [1.29, 1.82) is 0 Å². The van der Waals surface area contributed by atoms with E-state index in [2.05, 4.69) is 35.4 Å². The predicted molar refractivity (Wildman–Crippen MR) is 69.2 cm³/mol. The highest BCUT2D eigenvalue weighted by molar-refractivity contribution is 5.59. The highest BCUT2D eigenvalue weighted by Gasteiger charge is 2.29. The molecule has 1 saturated heterocycles. The van der Waals surface area contributed by atoms with Crippen molar-refractivity contribution >= 4 is 0 Å². The lowest BCUT2D eigenvalue weighted by Crippen LogP contribution is -2.08. The van der Waals surface area contributed by atoms with Gasteiger partial charge in [-0.3, -0.25) is 0 Å². The number of aryl methyl sites for hydroxylation is 1. The van der Waals surface area contributed by atoms with E-state index in [4.69, 9.17) is 4.52 Å². The molecule has 94 valence electrons. The summed E-state index contributed by atoms with van der Waals surface area (Å²) in [7, 11) is 0. The SMILES string of the molecule is Cc1ccccc1-c1noc([C@@H]2CNC[C@H]2C)n1. The van der Waals surface area contributed by atoms with E-state index in [1.165, 1.54) is 5.56 Å². The molecule has 1 fully saturated rings. The second-order valence-corrected chi connectivity index (χ2v) is 5.01. The van der Waals surface area contributed by atoms with Gasteiger partial charge in [-0.15, -0.1) is 0 Å². The number of benzene rings is 1. The number of rotatable bonds is 2. The average molecular weight is 243 g/mol. The summed E-state index contributed by atoms with van der Waals surface area (Å²) in [6, 6.07) is 8.10. The van der Waals surface area contributed by atoms with Crippen molar-refractivity contribution in [3.05, 3.63) is 35.7 Å². The lowest BCUT2D eigenvalue weighted by molar-refractivity contribution is 0.340. The fraction of sp³-hybridized carbons (Fsp3) is 0.429. The number of aromatic nitrogens is 2. The smallest absolute Gasteiger partial charge is 0.231 e. The summed E-state index contributed by atoms with van der Waals surface area (Å²) in [6.45, 7) is 6.22. The Labute approximate surface area is 106 Å². The van der Waals surface area contributed by atoms with Crippen molar-refractivity contribution in [2.45, 2.75) is 19.8 Å². The van der Waals surface area contributed by atoms with Gasteiger partial charge in [0.2, 0.25) is 11.7 Å². The topological polar surface area (TPSA) is 51.0 Å². The van der Waals surface area contributed by atoms with E-state index < -0.39 is 0 Å². The van der Waals surface area contributed by atoms with Crippen LogP contribution in [0.25, 0.3) is 11.4 Å². The zero-order chi connectivity index (χ0) is 12.5. The molecule has 0 aliphatic carbocycles. The predicted octanol–water partition coefficient (Wildman–Crippen LogP) is 2.37. The number of nitrogens with one attached hydrogen (secondary N) is 1. The third-order valence-corrected chi connectivity index (χ3v) is 3.66. The first-order valence-corrected chi connectivity index (χ1v) is 6.36. The first-order valence-electron chi connectivity index (χ1n) is 6.36. The summed E-state index contributed by atoms with van der Waals surface area (Å²) in [5.41, 5.74) is 2.22. The van der Waals surface area contributed by atoms with Crippen LogP contribution in [-0.4, -0.2) is 23.2 Å². The largest absolute Gasteiger partial charge is 0.339 e. The van der Waals surface area contributed by atoms with Gasteiger partial charge in [0.1, 0.15) is 0 Å². The second kappa shape index (κ2) is 4.53. The molecule has 1 aromatic heterocycles. The van der Waals surface area contributed by atoms with Gasteiger partial charge in [-0.25, -0.2) is 0 Å². The van der Waals surface area contributed by atoms with Crippen LogP contribution in [-0.2, 0) is 0 Å². The van der Waals surface area contributed by atoms with Crippen LogP contribution < -0.4 is 5.32 Å². The van der Waals surface area contributed by atoms with Crippen LogP contribution in [0.15, 0.2) is 28.8 Å². The molecule has 2 aromatic rings. The van der Waals surface area contributed by atoms with Gasteiger partial charge >= 0.3 is 0 Å². The van der Waals surface area contributed by atoms with Crippen molar-refractivity contribution in [3.63, 3.8) is 0 Å². The molecule has 4 heteroatoms. The molecule has 0 spiro atoms. The Morgan fingerprint density at radius 3 is 2.83 bits per heavy atom. The van der Waals surface area contributed by atoms with Crippen LogP contribution in [0, 0.1) is 12.8 Å². The molecule has 1 aliphatic heterocycles. The first-order chi connectivity index (χ1) is 8.75. The number of hydrogen-bond donors (Lipinski definition) is 1. The third kappa shape index (κ3) is 1.93. The molecule has 0 radical (unpaired) electrons. The Morgan fingerprint density at radius 1 is 1.28 bits per heavy atom. The average Bonchev–Trinajstić information content (AvgIpc) is 2.98. The van der Waals surface area contributed by atoms with Crippen LogP contribution in [0.5, 0.6) is 0 Å². The van der Waals surface area contributed by atoms with Gasteiger partial charge in [0, 0.05) is 12.1 Å². The summed E-state index contributed by atoms with van der Waals surface area (Å²) in [4.78, 5) is 4.56. The number of nitrogens with zero attached hydrogens (tertiary/aromatic N) is 2. The highest BCUT2D eigenvalue weighted by Crippen LogP contribution is 2.28. The van der Waals surface area contributed by atoms with E-state index in [9.17, 15) is 0 Å². The quantitative estimate of drug-likeness (QED) is 0.879. The minimum atomic E-state index is 0.343. The zero-order valence-corrected chi connectivity index (χ0v) is 10.7. The van der Waals surface area contributed by atoms with Gasteiger partial charge in [-0.05, 0) is 24.9 Å². The molecule has 0 bridgehead atoms. The van der Waals surface area contributed by atoms with E-state index in [0.29, 0.717) is 17.7 Å². The van der Waals surface area contributed by atoms with E-state index in [-0.39, 0.29) is 0 Å². The molecule has 4 nitrogen and oxygen atoms in total. The van der Waals surface area contributed by atoms with E-state index in [1.807, 2.05) is 18.2 Å². The Balaban J connectivity index is 1.92. The maximum absolute atomic E-state index is 5.43. The van der Waals surface area contributed by atoms with E-state index >= 15 is 0 Å². The normalized spacial score (nSPS) is 23.4. The molecule has 2 atom stereocenters. The van der Waals surface area contributed by atoms with Gasteiger partial charge in [0.05, 0.1) is 5.92 Å². The molecule has 3 rings (SSSR count). The Hall–Kier alpha value is -1.68. The van der Waals surface area contributed by atoms with Crippen molar-refractivity contribution in [2.75, 3.05) is 13.1 Å². The molecule has 18 heavy (non-hydrogen) atoms. The zero-order valence-electron chi connectivity index (χ0n) is 10.7. The van der Waals surface area contributed by atoms with E-state index in [1.54, 1.807) is 0 Å². The molecule has 0 unspecified atom stereocenters.